The second-order valence-corrected chi connectivity index (χ2v) is 5.55. The molecule has 0 bridgehead atoms. The summed E-state index contributed by atoms with van der Waals surface area (Å²) < 4.78 is 0. The summed E-state index contributed by atoms with van der Waals surface area (Å²) in [6.07, 6.45) is 1.94. The van der Waals surface area contributed by atoms with Gasteiger partial charge < -0.3 is 5.32 Å². The van der Waals surface area contributed by atoms with Crippen LogP contribution in [0.1, 0.15) is 18.1 Å². The predicted octanol–water partition coefficient (Wildman–Crippen LogP) is 3.26. The van der Waals surface area contributed by atoms with Crippen molar-refractivity contribution in [2.45, 2.75) is 26.8 Å². The van der Waals surface area contributed by atoms with Crippen molar-refractivity contribution in [3.05, 3.63) is 29.3 Å². The molecular formula is C14H19N3OS. The number of hydrogen-bond acceptors (Lipinski definition) is 3. The van der Waals surface area contributed by atoms with E-state index in [0.717, 1.165) is 22.0 Å². The molecule has 2 rings (SSSR count). The molecule has 1 aromatic carbocycles. The van der Waals surface area contributed by atoms with Gasteiger partial charge in [0, 0.05) is 5.69 Å². The van der Waals surface area contributed by atoms with Crippen LogP contribution < -0.4 is 5.32 Å². The summed E-state index contributed by atoms with van der Waals surface area (Å²) in [6, 6.07) is 6.06. The minimum Gasteiger partial charge on any atom is -0.307 e. The number of carbonyl (C=O) groups excluding carboxylic acids is 1. The standard InChI is InChI=1S/C14H19N3OS/c1-9-6-5-7-10(2)12(9)16-13(18)17-8-11(3)15-14(17)19-4/h5-7,11H,8H2,1-4H3,(H,16,18). The first-order valence-corrected chi connectivity index (χ1v) is 7.52. The van der Waals surface area contributed by atoms with Gasteiger partial charge in [0.05, 0.1) is 12.6 Å². The van der Waals surface area contributed by atoms with E-state index >= 15 is 0 Å². The lowest BCUT2D eigenvalue weighted by molar-refractivity contribution is 0.235. The number of anilines is 1. The molecule has 0 saturated heterocycles. The van der Waals surface area contributed by atoms with Crippen LogP contribution in [0, 0.1) is 13.8 Å². The molecule has 1 aliphatic rings. The second kappa shape index (κ2) is 5.65. The van der Waals surface area contributed by atoms with Crippen LogP contribution in [-0.2, 0) is 0 Å². The van der Waals surface area contributed by atoms with Crippen molar-refractivity contribution in [2.75, 3.05) is 18.1 Å². The van der Waals surface area contributed by atoms with Crippen LogP contribution >= 0.6 is 11.8 Å². The van der Waals surface area contributed by atoms with E-state index in [2.05, 4.69) is 10.3 Å². The summed E-state index contributed by atoms with van der Waals surface area (Å²) >= 11 is 1.51. The fourth-order valence-electron chi connectivity index (χ4n) is 2.16. The molecule has 0 fully saturated rings. The number of urea groups is 1. The summed E-state index contributed by atoms with van der Waals surface area (Å²) in [4.78, 5) is 18.5. The van der Waals surface area contributed by atoms with Crippen LogP contribution in [0.2, 0.25) is 0 Å². The number of carbonyl (C=O) groups is 1. The normalized spacial score (nSPS) is 18.4. The number of thioether (sulfide) groups is 1. The van der Waals surface area contributed by atoms with Gasteiger partial charge in [-0.3, -0.25) is 9.89 Å². The molecule has 0 radical (unpaired) electrons. The van der Waals surface area contributed by atoms with Crippen LogP contribution in [-0.4, -0.2) is 34.9 Å². The molecule has 0 spiro atoms. The van der Waals surface area contributed by atoms with Gasteiger partial charge in [0.25, 0.3) is 0 Å². The van der Waals surface area contributed by atoms with Gasteiger partial charge in [0.2, 0.25) is 0 Å². The lowest BCUT2D eigenvalue weighted by Crippen LogP contribution is -2.37. The molecular weight excluding hydrogens is 258 g/mol. The van der Waals surface area contributed by atoms with Gasteiger partial charge in [0.15, 0.2) is 5.17 Å². The molecule has 1 aliphatic heterocycles. The molecule has 1 heterocycles. The summed E-state index contributed by atoms with van der Waals surface area (Å²) in [5, 5.41) is 3.79. The first-order valence-electron chi connectivity index (χ1n) is 6.29. The highest BCUT2D eigenvalue weighted by Gasteiger charge is 2.27. The van der Waals surface area contributed by atoms with E-state index in [4.69, 9.17) is 0 Å². The summed E-state index contributed by atoms with van der Waals surface area (Å²) in [5.41, 5.74) is 3.04. The molecule has 0 aliphatic carbocycles. The number of nitrogens with zero attached hydrogens (tertiary/aromatic N) is 2. The van der Waals surface area contributed by atoms with Crippen molar-refractivity contribution in [2.24, 2.45) is 4.99 Å². The van der Waals surface area contributed by atoms with Crippen molar-refractivity contribution < 1.29 is 4.79 Å². The minimum atomic E-state index is -0.102. The highest BCUT2D eigenvalue weighted by molar-refractivity contribution is 8.13. The Labute approximate surface area is 118 Å². The third-order valence-corrected chi connectivity index (χ3v) is 3.84. The number of amides is 2. The van der Waals surface area contributed by atoms with E-state index in [9.17, 15) is 4.79 Å². The Balaban J connectivity index is 2.16. The Morgan fingerprint density at radius 1 is 1.42 bits per heavy atom. The summed E-state index contributed by atoms with van der Waals surface area (Å²) in [6.45, 7) is 6.66. The van der Waals surface area contributed by atoms with E-state index in [1.807, 2.05) is 45.2 Å². The topological polar surface area (TPSA) is 44.7 Å². The second-order valence-electron chi connectivity index (χ2n) is 4.77. The van der Waals surface area contributed by atoms with Gasteiger partial charge in [-0.25, -0.2) is 4.79 Å². The minimum absolute atomic E-state index is 0.102. The molecule has 5 heteroatoms. The van der Waals surface area contributed by atoms with Gasteiger partial charge >= 0.3 is 6.03 Å². The van der Waals surface area contributed by atoms with Gasteiger partial charge in [0.1, 0.15) is 0 Å². The average Bonchev–Trinajstić information content (AvgIpc) is 2.75. The monoisotopic (exact) mass is 277 g/mol. The highest BCUT2D eigenvalue weighted by Crippen LogP contribution is 2.22. The summed E-state index contributed by atoms with van der Waals surface area (Å²) in [7, 11) is 0. The maximum absolute atomic E-state index is 12.4. The van der Waals surface area contributed by atoms with Crippen molar-refractivity contribution in [3.8, 4) is 0 Å². The smallest absolute Gasteiger partial charge is 0.307 e. The van der Waals surface area contributed by atoms with Crippen LogP contribution in [0.15, 0.2) is 23.2 Å². The fourth-order valence-corrected chi connectivity index (χ4v) is 2.82. The van der Waals surface area contributed by atoms with E-state index in [1.54, 1.807) is 4.90 Å². The molecule has 1 atom stereocenters. The number of benzene rings is 1. The van der Waals surface area contributed by atoms with Gasteiger partial charge in [-0.1, -0.05) is 30.0 Å². The van der Waals surface area contributed by atoms with Crippen molar-refractivity contribution in [1.82, 2.24) is 4.90 Å². The third-order valence-electron chi connectivity index (χ3n) is 3.15. The predicted molar refractivity (Wildman–Crippen MR) is 82.1 cm³/mol. The molecule has 102 valence electrons. The Bertz CT molecular complexity index is 507. The van der Waals surface area contributed by atoms with E-state index in [0.29, 0.717) is 6.54 Å². The Hall–Kier alpha value is -1.49. The van der Waals surface area contributed by atoms with Crippen LogP contribution in [0.3, 0.4) is 0 Å². The lowest BCUT2D eigenvalue weighted by atomic mass is 10.1. The maximum Gasteiger partial charge on any atom is 0.327 e. The van der Waals surface area contributed by atoms with Crippen LogP contribution in [0.5, 0.6) is 0 Å². The van der Waals surface area contributed by atoms with Crippen LogP contribution in [0.4, 0.5) is 10.5 Å². The van der Waals surface area contributed by atoms with E-state index in [1.165, 1.54) is 11.8 Å². The van der Waals surface area contributed by atoms with E-state index in [-0.39, 0.29) is 12.1 Å². The van der Waals surface area contributed by atoms with Crippen molar-refractivity contribution in [3.63, 3.8) is 0 Å². The van der Waals surface area contributed by atoms with Crippen LogP contribution in [0.25, 0.3) is 0 Å². The Morgan fingerprint density at radius 3 is 2.63 bits per heavy atom. The molecule has 1 N–H and O–H groups in total. The maximum atomic E-state index is 12.4. The molecule has 1 aromatic rings. The first kappa shape index (κ1) is 13.9. The highest BCUT2D eigenvalue weighted by atomic mass is 32.2. The zero-order chi connectivity index (χ0) is 14.0. The number of amidine groups is 1. The van der Waals surface area contributed by atoms with E-state index < -0.39 is 0 Å². The van der Waals surface area contributed by atoms with Gasteiger partial charge in [-0.15, -0.1) is 0 Å². The quantitative estimate of drug-likeness (QED) is 0.856. The van der Waals surface area contributed by atoms with Gasteiger partial charge in [-0.05, 0) is 38.2 Å². The van der Waals surface area contributed by atoms with Crippen molar-refractivity contribution in [1.29, 1.82) is 0 Å². The summed E-state index contributed by atoms with van der Waals surface area (Å²) in [5.74, 6) is 0. The number of hydrogen-bond donors (Lipinski definition) is 1. The zero-order valence-electron chi connectivity index (χ0n) is 11.7. The molecule has 0 saturated carbocycles. The molecule has 0 aromatic heterocycles. The molecule has 4 nitrogen and oxygen atoms in total. The third kappa shape index (κ3) is 2.92. The largest absolute Gasteiger partial charge is 0.327 e. The number of aryl methyl sites for hydroxylation is 2. The molecule has 19 heavy (non-hydrogen) atoms. The first-order chi connectivity index (χ1) is 9.02. The number of para-hydroxylation sites is 1. The zero-order valence-corrected chi connectivity index (χ0v) is 12.5. The number of aliphatic imine (C=N–C) groups is 1. The van der Waals surface area contributed by atoms with Crippen molar-refractivity contribution >= 4 is 28.6 Å². The SMILES string of the molecule is CSC1=NC(C)CN1C(=O)Nc1c(C)cccc1C. The molecule has 1 unspecified atom stereocenters. The molecule has 2 amide bonds. The van der Waals surface area contributed by atoms with Gasteiger partial charge in [-0.2, -0.15) is 0 Å². The average molecular weight is 277 g/mol. The Morgan fingerprint density at radius 2 is 2.05 bits per heavy atom. The Kier molecular flexibility index (Phi) is 4.14. The number of nitrogens with one attached hydrogen (secondary N) is 1. The lowest BCUT2D eigenvalue weighted by Gasteiger charge is -2.20. The fraction of sp³-hybridized carbons (Fsp3) is 0.429. The number of rotatable bonds is 1.